The summed E-state index contributed by atoms with van der Waals surface area (Å²) in [4.78, 5) is 0. The molecular formula is C6H18ClO2SbSi2. The Kier molecular flexibility index (Phi) is 5.39. The molecule has 0 saturated heterocycles. The van der Waals surface area contributed by atoms with Gasteiger partial charge in [0.25, 0.3) is 0 Å². The van der Waals surface area contributed by atoms with Gasteiger partial charge in [0.2, 0.25) is 0 Å². The molecule has 0 unspecified atom stereocenters. The van der Waals surface area contributed by atoms with E-state index in [2.05, 4.69) is 39.3 Å². The molecule has 0 fully saturated rings. The minimum absolute atomic E-state index is 1.47. The van der Waals surface area contributed by atoms with Gasteiger partial charge in [-0.25, -0.2) is 0 Å². The van der Waals surface area contributed by atoms with Gasteiger partial charge in [0, 0.05) is 0 Å². The SMILES string of the molecule is C[Si](C)(C)[O][Sb]([Cl])[O][Si](C)(C)C. The predicted molar refractivity (Wildman–Crippen MR) is 60.5 cm³/mol. The van der Waals surface area contributed by atoms with Crippen LogP contribution in [0.15, 0.2) is 0 Å². The van der Waals surface area contributed by atoms with Crippen LogP contribution in [-0.2, 0) is 5.41 Å². The van der Waals surface area contributed by atoms with E-state index in [1.54, 1.807) is 0 Å². The summed E-state index contributed by atoms with van der Waals surface area (Å²) in [6.45, 7) is 12.8. The van der Waals surface area contributed by atoms with E-state index in [0.29, 0.717) is 0 Å². The van der Waals surface area contributed by atoms with E-state index in [9.17, 15) is 0 Å². The third-order valence-electron chi connectivity index (χ3n) is 0.691. The van der Waals surface area contributed by atoms with Gasteiger partial charge in [0.15, 0.2) is 0 Å². The van der Waals surface area contributed by atoms with Gasteiger partial charge in [-0.05, 0) is 0 Å². The molecule has 12 heavy (non-hydrogen) atoms. The summed E-state index contributed by atoms with van der Waals surface area (Å²) >= 11 is -2.27. The normalized spacial score (nSPS) is 14.0. The fraction of sp³-hybridized carbons (Fsp3) is 1.00. The maximum atomic E-state index is 6.06. The van der Waals surface area contributed by atoms with Gasteiger partial charge in [0.1, 0.15) is 0 Å². The second-order valence-electron chi connectivity index (χ2n) is 4.62. The van der Waals surface area contributed by atoms with Crippen molar-refractivity contribution in [3.63, 3.8) is 0 Å². The average molecular weight is 336 g/mol. The van der Waals surface area contributed by atoms with Crippen molar-refractivity contribution in [1.29, 1.82) is 0 Å². The summed E-state index contributed by atoms with van der Waals surface area (Å²) in [5, 5.41) is 0. The molecule has 0 aliphatic heterocycles. The standard InChI is InChI=1S/2C3H9OSi.ClH.Sb/c2*1-5(2,3)4;;/h2*1-3H3;1H;/q2*-1;;+3/p-1. The fourth-order valence-corrected chi connectivity index (χ4v) is 18.1. The first-order valence-electron chi connectivity index (χ1n) is 3.94. The molecule has 0 N–H and O–H groups in total. The van der Waals surface area contributed by atoms with Gasteiger partial charge in [-0.2, -0.15) is 0 Å². The molecular weight excluding hydrogens is 317 g/mol. The first kappa shape index (κ1) is 13.5. The van der Waals surface area contributed by atoms with Gasteiger partial charge in [-0.1, -0.05) is 0 Å². The third-order valence-corrected chi connectivity index (χ3v) is 16.7. The van der Waals surface area contributed by atoms with Crippen LogP contribution in [0.1, 0.15) is 0 Å². The molecule has 0 aliphatic carbocycles. The van der Waals surface area contributed by atoms with Crippen molar-refractivity contribution in [1.82, 2.24) is 0 Å². The maximum absolute atomic E-state index is 6.06. The monoisotopic (exact) mass is 334 g/mol. The van der Waals surface area contributed by atoms with E-state index >= 15 is 0 Å². The summed E-state index contributed by atoms with van der Waals surface area (Å²) in [6.07, 6.45) is 0. The Morgan fingerprint density at radius 2 is 1.08 bits per heavy atom. The molecule has 0 bridgehead atoms. The molecule has 0 rings (SSSR count). The number of rotatable bonds is 4. The topological polar surface area (TPSA) is 18.5 Å². The van der Waals surface area contributed by atoms with Gasteiger partial charge in [0.05, 0.1) is 0 Å². The zero-order chi connectivity index (χ0) is 9.99. The third kappa shape index (κ3) is 9.55. The Labute approximate surface area is 89.6 Å². The van der Waals surface area contributed by atoms with E-state index < -0.39 is 36.5 Å². The van der Waals surface area contributed by atoms with Crippen LogP contribution < -0.4 is 0 Å². The summed E-state index contributed by atoms with van der Waals surface area (Å²) in [5.41, 5.74) is 0. The van der Waals surface area contributed by atoms with Crippen molar-refractivity contribution >= 4 is 45.4 Å². The zero-order valence-corrected chi connectivity index (χ0v) is 14.0. The molecule has 0 saturated carbocycles. The van der Waals surface area contributed by atoms with Gasteiger partial charge < -0.3 is 0 Å². The molecule has 0 heterocycles. The second-order valence-corrected chi connectivity index (χ2v) is 19.6. The number of hydrogen-bond donors (Lipinski definition) is 0. The van der Waals surface area contributed by atoms with Crippen molar-refractivity contribution in [3.05, 3.63) is 0 Å². The van der Waals surface area contributed by atoms with E-state index in [1.807, 2.05) is 0 Å². The minimum atomic E-state index is -2.27. The average Bonchev–Trinajstić information content (AvgIpc) is 1.49. The quantitative estimate of drug-likeness (QED) is 0.736. The van der Waals surface area contributed by atoms with Crippen LogP contribution in [0.25, 0.3) is 0 Å². The van der Waals surface area contributed by atoms with Crippen LogP contribution in [0.4, 0.5) is 0 Å². The van der Waals surface area contributed by atoms with Crippen molar-refractivity contribution < 1.29 is 5.41 Å². The molecule has 0 aromatic rings. The van der Waals surface area contributed by atoms with Gasteiger partial charge in [-0.3, -0.25) is 0 Å². The van der Waals surface area contributed by atoms with Crippen LogP contribution in [-0.4, -0.2) is 36.5 Å². The molecule has 0 atom stereocenters. The van der Waals surface area contributed by atoms with E-state index in [0.717, 1.165) is 0 Å². The molecule has 0 aliphatic rings. The van der Waals surface area contributed by atoms with Crippen molar-refractivity contribution in [3.8, 4) is 0 Å². The van der Waals surface area contributed by atoms with Gasteiger partial charge >= 0.3 is 90.1 Å². The molecule has 2 nitrogen and oxygen atoms in total. The van der Waals surface area contributed by atoms with Gasteiger partial charge in [-0.15, -0.1) is 0 Å². The summed E-state index contributed by atoms with van der Waals surface area (Å²) in [7, 11) is 3.11. The Bertz CT molecular complexity index is 127. The van der Waals surface area contributed by atoms with Crippen molar-refractivity contribution in [2.24, 2.45) is 0 Å². The summed E-state index contributed by atoms with van der Waals surface area (Å²) in [5.74, 6) is 0. The number of halogens is 1. The van der Waals surface area contributed by atoms with E-state index in [4.69, 9.17) is 14.2 Å². The Morgan fingerprint density at radius 1 is 0.833 bits per heavy atom. The fourth-order valence-electron chi connectivity index (χ4n) is 0.449. The molecule has 74 valence electrons. The number of hydrogen-bond acceptors (Lipinski definition) is 2. The first-order valence-corrected chi connectivity index (χ1v) is 16.1. The second kappa shape index (κ2) is 4.80. The van der Waals surface area contributed by atoms with E-state index in [-0.39, 0.29) is 0 Å². The van der Waals surface area contributed by atoms with E-state index in [1.165, 1.54) is 0 Å². The zero-order valence-electron chi connectivity index (χ0n) is 8.64. The van der Waals surface area contributed by atoms with Crippen LogP contribution in [0.5, 0.6) is 0 Å². The molecule has 6 heteroatoms. The van der Waals surface area contributed by atoms with Crippen molar-refractivity contribution in [2.45, 2.75) is 39.3 Å². The molecule has 0 aromatic carbocycles. The Balaban J connectivity index is 3.83. The van der Waals surface area contributed by atoms with Crippen LogP contribution in [0.2, 0.25) is 39.3 Å². The molecule has 0 amide bonds. The Morgan fingerprint density at radius 3 is 1.25 bits per heavy atom. The summed E-state index contributed by atoms with van der Waals surface area (Å²) in [6, 6.07) is 0. The molecule has 0 radical (unpaired) electrons. The molecule has 0 spiro atoms. The first-order chi connectivity index (χ1) is 5.10. The van der Waals surface area contributed by atoms with Crippen LogP contribution in [0.3, 0.4) is 0 Å². The van der Waals surface area contributed by atoms with Crippen molar-refractivity contribution in [2.75, 3.05) is 0 Å². The van der Waals surface area contributed by atoms with Crippen LogP contribution >= 0.6 is 8.83 Å². The summed E-state index contributed by atoms with van der Waals surface area (Å²) < 4.78 is 11.4. The van der Waals surface area contributed by atoms with Crippen LogP contribution in [0, 0.1) is 0 Å². The molecule has 0 aromatic heterocycles. The Hall–Kier alpha value is 1.46. The predicted octanol–water partition coefficient (Wildman–Crippen LogP) is 2.91.